The van der Waals surface area contributed by atoms with Crippen molar-refractivity contribution >= 4 is 40.9 Å². The number of aryl methyl sites for hydroxylation is 1. The van der Waals surface area contributed by atoms with Crippen LogP contribution in [0, 0.1) is 13.8 Å². The van der Waals surface area contributed by atoms with Gasteiger partial charge in [-0.2, -0.15) is 0 Å². The van der Waals surface area contributed by atoms with E-state index in [0.29, 0.717) is 30.2 Å². The second-order valence-corrected chi connectivity index (χ2v) is 9.99. The fraction of sp³-hybridized carbons (Fsp3) is 0.407. The fourth-order valence-electron chi connectivity index (χ4n) is 4.65. The van der Waals surface area contributed by atoms with Gasteiger partial charge in [0.25, 0.3) is 11.1 Å². The van der Waals surface area contributed by atoms with Gasteiger partial charge in [0, 0.05) is 30.2 Å². The minimum atomic E-state index is -0.442. The van der Waals surface area contributed by atoms with E-state index in [0.717, 1.165) is 65.0 Å². The third-order valence-corrected chi connectivity index (χ3v) is 7.41. The van der Waals surface area contributed by atoms with Crippen LogP contribution in [-0.2, 0) is 14.3 Å². The summed E-state index contributed by atoms with van der Waals surface area (Å²) < 4.78 is 7.10. The SMILES string of the molecule is CCOC(=O)c1cccc(-n2c(C)cc(C=C3SC(=O)N(CC(=O)N4CCCCCC4)C3=O)c2C)c1. The van der Waals surface area contributed by atoms with E-state index in [2.05, 4.69) is 0 Å². The first-order valence-electron chi connectivity index (χ1n) is 12.3. The van der Waals surface area contributed by atoms with Crippen molar-refractivity contribution in [1.29, 1.82) is 0 Å². The normalized spacial score (nSPS) is 17.6. The van der Waals surface area contributed by atoms with Crippen molar-refractivity contribution in [3.8, 4) is 5.69 Å². The number of benzene rings is 1. The number of thioether (sulfide) groups is 1. The highest BCUT2D eigenvalue weighted by molar-refractivity contribution is 8.18. The average molecular weight is 510 g/mol. The number of carbonyl (C=O) groups is 4. The van der Waals surface area contributed by atoms with Crippen LogP contribution >= 0.6 is 11.8 Å². The number of esters is 1. The van der Waals surface area contributed by atoms with Gasteiger partial charge in [-0.1, -0.05) is 18.9 Å². The van der Waals surface area contributed by atoms with Crippen molar-refractivity contribution in [2.75, 3.05) is 26.2 Å². The molecular formula is C27H31N3O5S. The number of ether oxygens (including phenoxy) is 1. The summed E-state index contributed by atoms with van der Waals surface area (Å²) >= 11 is 0.858. The molecule has 2 aliphatic rings. The van der Waals surface area contributed by atoms with E-state index >= 15 is 0 Å². The van der Waals surface area contributed by atoms with Gasteiger partial charge in [0.15, 0.2) is 0 Å². The Labute approximate surface area is 215 Å². The van der Waals surface area contributed by atoms with Crippen LogP contribution in [0.4, 0.5) is 4.79 Å². The number of hydrogen-bond acceptors (Lipinski definition) is 6. The number of aromatic nitrogens is 1. The Balaban J connectivity index is 1.55. The number of amides is 3. The topological polar surface area (TPSA) is 88.9 Å². The molecule has 4 rings (SSSR count). The van der Waals surface area contributed by atoms with Crippen LogP contribution in [0.15, 0.2) is 35.2 Å². The molecule has 0 unspecified atom stereocenters. The lowest BCUT2D eigenvalue weighted by molar-refractivity contribution is -0.135. The minimum Gasteiger partial charge on any atom is -0.462 e. The number of nitrogens with zero attached hydrogens (tertiary/aromatic N) is 3. The van der Waals surface area contributed by atoms with Gasteiger partial charge in [0.2, 0.25) is 5.91 Å². The van der Waals surface area contributed by atoms with E-state index in [-0.39, 0.29) is 18.4 Å². The maximum absolute atomic E-state index is 13.0. The van der Waals surface area contributed by atoms with Gasteiger partial charge in [-0.05, 0) is 81.3 Å². The Morgan fingerprint density at radius 3 is 2.47 bits per heavy atom. The largest absolute Gasteiger partial charge is 0.462 e. The lowest BCUT2D eigenvalue weighted by atomic mass is 10.2. The Bertz CT molecular complexity index is 1220. The molecular weight excluding hydrogens is 478 g/mol. The lowest BCUT2D eigenvalue weighted by Gasteiger charge is -2.22. The van der Waals surface area contributed by atoms with E-state index in [4.69, 9.17) is 4.74 Å². The Morgan fingerprint density at radius 1 is 1.06 bits per heavy atom. The van der Waals surface area contributed by atoms with Gasteiger partial charge >= 0.3 is 5.97 Å². The number of imide groups is 1. The van der Waals surface area contributed by atoms with E-state index in [1.54, 1.807) is 36.1 Å². The number of likely N-dealkylation sites (tertiary alicyclic amines) is 1. The van der Waals surface area contributed by atoms with Gasteiger partial charge in [-0.15, -0.1) is 0 Å². The van der Waals surface area contributed by atoms with Crippen LogP contribution < -0.4 is 0 Å². The molecule has 2 aliphatic heterocycles. The van der Waals surface area contributed by atoms with Gasteiger partial charge in [-0.3, -0.25) is 19.3 Å². The second kappa shape index (κ2) is 11.2. The standard InChI is InChI=1S/C27H31N3O5S/c1-4-35-26(33)20-10-9-11-22(15-20)30-18(2)14-21(19(30)3)16-23-25(32)29(27(34)36-23)17-24(31)28-12-7-5-6-8-13-28/h9-11,14-16H,4-8,12-13,17H2,1-3H3. The van der Waals surface area contributed by atoms with E-state index in [9.17, 15) is 19.2 Å². The fourth-order valence-corrected chi connectivity index (χ4v) is 5.48. The zero-order chi connectivity index (χ0) is 25.8. The van der Waals surface area contributed by atoms with E-state index in [1.165, 1.54) is 0 Å². The molecule has 8 nitrogen and oxygen atoms in total. The third kappa shape index (κ3) is 5.41. The molecule has 0 saturated carbocycles. The minimum absolute atomic E-state index is 0.180. The van der Waals surface area contributed by atoms with Crippen LogP contribution in [0.3, 0.4) is 0 Å². The second-order valence-electron chi connectivity index (χ2n) is 9.00. The van der Waals surface area contributed by atoms with Crippen LogP contribution in [0.1, 0.15) is 59.9 Å². The molecule has 1 aromatic heterocycles. The highest BCUT2D eigenvalue weighted by Gasteiger charge is 2.37. The summed E-state index contributed by atoms with van der Waals surface area (Å²) in [4.78, 5) is 53.7. The predicted molar refractivity (Wildman–Crippen MR) is 139 cm³/mol. The molecule has 36 heavy (non-hydrogen) atoms. The van der Waals surface area contributed by atoms with E-state index < -0.39 is 11.1 Å². The summed E-state index contributed by atoms with van der Waals surface area (Å²) in [5.41, 5.74) is 3.82. The van der Waals surface area contributed by atoms with Crippen molar-refractivity contribution < 1.29 is 23.9 Å². The van der Waals surface area contributed by atoms with Crippen LogP contribution in [-0.4, -0.2) is 63.6 Å². The summed E-state index contributed by atoms with van der Waals surface area (Å²) in [7, 11) is 0. The first kappa shape index (κ1) is 25.8. The monoisotopic (exact) mass is 509 g/mol. The summed E-state index contributed by atoms with van der Waals surface area (Å²) in [6, 6.07) is 9.11. The number of hydrogen-bond donors (Lipinski definition) is 0. The first-order valence-corrected chi connectivity index (χ1v) is 13.1. The molecule has 2 aromatic rings. The van der Waals surface area contributed by atoms with Crippen molar-refractivity contribution in [1.82, 2.24) is 14.4 Å². The van der Waals surface area contributed by atoms with E-state index in [1.807, 2.05) is 30.5 Å². The molecule has 0 bridgehead atoms. The Morgan fingerprint density at radius 2 is 1.78 bits per heavy atom. The zero-order valence-electron chi connectivity index (χ0n) is 20.9. The number of rotatable bonds is 6. The van der Waals surface area contributed by atoms with Crippen LogP contribution in [0.25, 0.3) is 11.8 Å². The smallest absolute Gasteiger partial charge is 0.338 e. The van der Waals surface area contributed by atoms with Crippen LogP contribution in [0.2, 0.25) is 0 Å². The molecule has 0 spiro atoms. The van der Waals surface area contributed by atoms with Crippen molar-refractivity contribution in [3.05, 3.63) is 57.8 Å². The quantitative estimate of drug-likeness (QED) is 0.414. The Kier molecular flexibility index (Phi) is 7.98. The van der Waals surface area contributed by atoms with Crippen molar-refractivity contribution in [2.45, 2.75) is 46.5 Å². The summed E-state index contributed by atoms with van der Waals surface area (Å²) in [5.74, 6) is -1.01. The highest BCUT2D eigenvalue weighted by atomic mass is 32.2. The Hall–Kier alpha value is -3.33. The molecule has 0 atom stereocenters. The lowest BCUT2D eigenvalue weighted by Crippen LogP contribution is -2.42. The van der Waals surface area contributed by atoms with Crippen LogP contribution in [0.5, 0.6) is 0 Å². The molecule has 9 heteroatoms. The van der Waals surface area contributed by atoms with Crippen molar-refractivity contribution in [3.63, 3.8) is 0 Å². The molecule has 3 heterocycles. The van der Waals surface area contributed by atoms with Gasteiger partial charge < -0.3 is 14.2 Å². The predicted octanol–water partition coefficient (Wildman–Crippen LogP) is 4.71. The third-order valence-electron chi connectivity index (χ3n) is 6.50. The van der Waals surface area contributed by atoms with Gasteiger partial charge in [-0.25, -0.2) is 4.79 Å². The van der Waals surface area contributed by atoms with Gasteiger partial charge in [0.1, 0.15) is 6.54 Å². The molecule has 0 N–H and O–H groups in total. The molecule has 2 fully saturated rings. The molecule has 1 aromatic carbocycles. The maximum atomic E-state index is 13.0. The maximum Gasteiger partial charge on any atom is 0.338 e. The van der Waals surface area contributed by atoms with Gasteiger partial charge in [0.05, 0.1) is 17.1 Å². The van der Waals surface area contributed by atoms with Crippen molar-refractivity contribution in [2.24, 2.45) is 0 Å². The first-order chi connectivity index (χ1) is 17.3. The molecule has 2 saturated heterocycles. The average Bonchev–Trinajstić information content (AvgIpc) is 3.14. The highest BCUT2D eigenvalue weighted by Crippen LogP contribution is 2.34. The zero-order valence-corrected chi connectivity index (χ0v) is 21.7. The molecule has 0 aliphatic carbocycles. The summed E-state index contributed by atoms with van der Waals surface area (Å²) in [6.07, 6.45) is 5.80. The molecule has 190 valence electrons. The summed E-state index contributed by atoms with van der Waals surface area (Å²) in [5, 5.41) is -0.426. The molecule has 0 radical (unpaired) electrons. The number of carbonyl (C=O) groups excluding carboxylic acids is 4. The molecule has 3 amide bonds. The summed E-state index contributed by atoms with van der Waals surface area (Å²) in [6.45, 7) is 7.05.